The number of carbonyl (C=O) groups excluding carboxylic acids is 2. The van der Waals surface area contributed by atoms with Gasteiger partial charge in [-0.05, 0) is 26.0 Å². The second-order valence-corrected chi connectivity index (χ2v) is 5.72. The number of carbonyl (C=O) groups is 2. The largest absolute Gasteiger partial charge is 0.497 e. The second kappa shape index (κ2) is 10.1. The first-order valence-electron chi connectivity index (χ1n) is 8.69. The molecule has 2 aromatic carbocycles. The van der Waals surface area contributed by atoms with Gasteiger partial charge in [0.2, 0.25) is 0 Å². The van der Waals surface area contributed by atoms with Crippen LogP contribution < -0.4 is 24.8 Å². The number of amides is 2. The third kappa shape index (κ3) is 6.08. The van der Waals surface area contributed by atoms with Crippen molar-refractivity contribution in [3.05, 3.63) is 42.5 Å². The lowest BCUT2D eigenvalue weighted by molar-refractivity contribution is -0.122. The molecule has 8 heteroatoms. The fourth-order valence-electron chi connectivity index (χ4n) is 2.31. The quantitative estimate of drug-likeness (QED) is 0.716. The maximum absolute atomic E-state index is 12.5. The van der Waals surface area contributed by atoms with E-state index in [1.807, 2.05) is 0 Å². The van der Waals surface area contributed by atoms with E-state index in [4.69, 9.17) is 18.9 Å². The highest BCUT2D eigenvalue weighted by Crippen LogP contribution is 2.26. The fraction of sp³-hybridized carbons (Fsp3) is 0.300. The fourth-order valence-corrected chi connectivity index (χ4v) is 2.31. The lowest BCUT2D eigenvalue weighted by atomic mass is 10.2. The maximum Gasteiger partial charge on any atom is 0.411 e. The Hall–Kier alpha value is -3.42. The molecule has 150 valence electrons. The summed E-state index contributed by atoms with van der Waals surface area (Å²) in [6.07, 6.45) is -1.34. The molecule has 0 spiro atoms. The summed E-state index contributed by atoms with van der Waals surface area (Å²) in [6.45, 7) is 3.61. The van der Waals surface area contributed by atoms with E-state index in [0.29, 0.717) is 28.6 Å². The molecule has 2 aromatic rings. The standard InChI is InChI=1S/C20H24N2O6/c1-5-27-20(24)22-14-7-6-8-16(9-14)28-13(2)19(23)21-15-10-17(25-3)12-18(11-15)26-4/h6-13H,5H2,1-4H3,(H,21,23)(H,22,24). The van der Waals surface area contributed by atoms with Gasteiger partial charge in [-0.25, -0.2) is 4.79 Å². The van der Waals surface area contributed by atoms with Crippen LogP contribution in [0.5, 0.6) is 17.2 Å². The number of benzene rings is 2. The van der Waals surface area contributed by atoms with Crippen LogP contribution in [-0.4, -0.2) is 38.9 Å². The molecule has 2 N–H and O–H groups in total. The van der Waals surface area contributed by atoms with Crippen LogP contribution in [0.25, 0.3) is 0 Å². The molecule has 0 radical (unpaired) electrons. The average Bonchev–Trinajstić information content (AvgIpc) is 2.67. The van der Waals surface area contributed by atoms with Crippen molar-refractivity contribution in [3.63, 3.8) is 0 Å². The number of hydrogen-bond acceptors (Lipinski definition) is 6. The van der Waals surface area contributed by atoms with Crippen LogP contribution in [0.3, 0.4) is 0 Å². The predicted octanol–water partition coefficient (Wildman–Crippen LogP) is 3.68. The van der Waals surface area contributed by atoms with Gasteiger partial charge in [-0.2, -0.15) is 0 Å². The van der Waals surface area contributed by atoms with Gasteiger partial charge in [0.15, 0.2) is 6.10 Å². The molecule has 0 fully saturated rings. The van der Waals surface area contributed by atoms with E-state index in [1.165, 1.54) is 14.2 Å². The normalized spacial score (nSPS) is 11.1. The predicted molar refractivity (Wildman–Crippen MR) is 105 cm³/mol. The van der Waals surface area contributed by atoms with E-state index in [-0.39, 0.29) is 12.5 Å². The molecule has 0 aromatic heterocycles. The Morgan fingerprint density at radius 2 is 1.57 bits per heavy atom. The molecule has 0 aliphatic heterocycles. The summed E-state index contributed by atoms with van der Waals surface area (Å²) in [6, 6.07) is 11.8. The highest BCUT2D eigenvalue weighted by atomic mass is 16.5. The molecule has 1 atom stereocenters. The first kappa shape index (κ1) is 20.9. The molecule has 8 nitrogen and oxygen atoms in total. The summed E-state index contributed by atoms with van der Waals surface area (Å²) in [5.74, 6) is 1.20. The Kier molecular flexibility index (Phi) is 7.50. The van der Waals surface area contributed by atoms with Gasteiger partial charge in [-0.3, -0.25) is 10.1 Å². The van der Waals surface area contributed by atoms with Crippen molar-refractivity contribution in [3.8, 4) is 17.2 Å². The molecule has 0 aliphatic carbocycles. The van der Waals surface area contributed by atoms with Gasteiger partial charge in [0, 0.05) is 35.6 Å². The second-order valence-electron chi connectivity index (χ2n) is 5.72. The number of methoxy groups -OCH3 is 2. The first-order chi connectivity index (χ1) is 13.4. The van der Waals surface area contributed by atoms with Gasteiger partial charge in [0.25, 0.3) is 5.91 Å². The highest BCUT2D eigenvalue weighted by Gasteiger charge is 2.16. The van der Waals surface area contributed by atoms with Crippen molar-refractivity contribution in [2.24, 2.45) is 0 Å². The third-order valence-electron chi connectivity index (χ3n) is 3.66. The minimum Gasteiger partial charge on any atom is -0.497 e. The Morgan fingerprint density at radius 1 is 0.929 bits per heavy atom. The molecule has 0 heterocycles. The SMILES string of the molecule is CCOC(=O)Nc1cccc(OC(C)C(=O)Nc2cc(OC)cc(OC)c2)c1. The van der Waals surface area contributed by atoms with Gasteiger partial charge in [-0.1, -0.05) is 6.07 Å². The van der Waals surface area contributed by atoms with E-state index in [2.05, 4.69) is 10.6 Å². The zero-order valence-corrected chi connectivity index (χ0v) is 16.3. The van der Waals surface area contributed by atoms with Crippen LogP contribution in [0, 0.1) is 0 Å². The number of ether oxygens (including phenoxy) is 4. The molecule has 0 bridgehead atoms. The summed E-state index contributed by atoms with van der Waals surface area (Å²) < 4.78 is 20.9. The minimum absolute atomic E-state index is 0.272. The third-order valence-corrected chi connectivity index (χ3v) is 3.66. The number of hydrogen-bond donors (Lipinski definition) is 2. The average molecular weight is 388 g/mol. The minimum atomic E-state index is -0.782. The van der Waals surface area contributed by atoms with Crippen LogP contribution in [0.1, 0.15) is 13.8 Å². The van der Waals surface area contributed by atoms with Gasteiger partial charge < -0.3 is 24.3 Å². The van der Waals surface area contributed by atoms with E-state index < -0.39 is 12.2 Å². The van der Waals surface area contributed by atoms with E-state index >= 15 is 0 Å². The maximum atomic E-state index is 12.5. The van der Waals surface area contributed by atoms with Crippen molar-refractivity contribution < 1.29 is 28.5 Å². The number of nitrogens with one attached hydrogen (secondary N) is 2. The summed E-state index contributed by atoms with van der Waals surface area (Å²) in [4.78, 5) is 24.0. The smallest absolute Gasteiger partial charge is 0.411 e. The Morgan fingerprint density at radius 3 is 2.18 bits per heavy atom. The summed E-state index contributed by atoms with van der Waals surface area (Å²) in [5, 5.41) is 5.34. The van der Waals surface area contributed by atoms with Gasteiger partial charge >= 0.3 is 6.09 Å². The molecule has 2 amide bonds. The van der Waals surface area contributed by atoms with Gasteiger partial charge in [0.1, 0.15) is 17.2 Å². The highest BCUT2D eigenvalue weighted by molar-refractivity contribution is 5.94. The zero-order chi connectivity index (χ0) is 20.5. The lowest BCUT2D eigenvalue weighted by Crippen LogP contribution is -2.30. The van der Waals surface area contributed by atoms with Crippen LogP contribution in [-0.2, 0) is 9.53 Å². The first-order valence-corrected chi connectivity index (χ1v) is 8.69. The molecule has 0 saturated carbocycles. The molecular weight excluding hydrogens is 364 g/mol. The van der Waals surface area contributed by atoms with Crippen molar-refractivity contribution in [1.82, 2.24) is 0 Å². The Labute approximate surface area is 163 Å². The van der Waals surface area contributed by atoms with E-state index in [1.54, 1.807) is 56.3 Å². The van der Waals surface area contributed by atoms with Crippen molar-refractivity contribution in [1.29, 1.82) is 0 Å². The zero-order valence-electron chi connectivity index (χ0n) is 16.3. The monoisotopic (exact) mass is 388 g/mol. The summed E-state index contributed by atoms with van der Waals surface area (Å²) >= 11 is 0. The van der Waals surface area contributed by atoms with Crippen LogP contribution in [0.15, 0.2) is 42.5 Å². The van der Waals surface area contributed by atoms with Crippen molar-refractivity contribution >= 4 is 23.4 Å². The number of anilines is 2. The van der Waals surface area contributed by atoms with Crippen LogP contribution in [0.2, 0.25) is 0 Å². The van der Waals surface area contributed by atoms with Crippen LogP contribution in [0.4, 0.5) is 16.2 Å². The molecule has 0 saturated heterocycles. The molecule has 0 aliphatic rings. The van der Waals surface area contributed by atoms with Gasteiger partial charge in [-0.15, -0.1) is 0 Å². The van der Waals surface area contributed by atoms with Crippen molar-refractivity contribution in [2.75, 3.05) is 31.5 Å². The Balaban J connectivity index is 2.01. The summed E-state index contributed by atoms with van der Waals surface area (Å²) in [7, 11) is 3.06. The van der Waals surface area contributed by atoms with E-state index in [9.17, 15) is 9.59 Å². The molecule has 1 unspecified atom stereocenters. The topological polar surface area (TPSA) is 95.1 Å². The Bertz CT molecular complexity index is 802. The molecule has 2 rings (SSSR count). The molecule has 28 heavy (non-hydrogen) atoms. The van der Waals surface area contributed by atoms with Crippen LogP contribution >= 0.6 is 0 Å². The molecular formula is C20H24N2O6. The number of rotatable bonds is 8. The van der Waals surface area contributed by atoms with Crippen molar-refractivity contribution in [2.45, 2.75) is 20.0 Å². The van der Waals surface area contributed by atoms with Gasteiger partial charge in [0.05, 0.1) is 20.8 Å². The summed E-state index contributed by atoms with van der Waals surface area (Å²) in [5.41, 5.74) is 1.02. The lowest BCUT2D eigenvalue weighted by Gasteiger charge is -2.16. The van der Waals surface area contributed by atoms with E-state index in [0.717, 1.165) is 0 Å².